The third kappa shape index (κ3) is 1.51. The van der Waals surface area contributed by atoms with E-state index in [4.69, 9.17) is 11.6 Å². The van der Waals surface area contributed by atoms with E-state index in [0.717, 1.165) is 5.70 Å². The van der Waals surface area contributed by atoms with E-state index in [0.29, 0.717) is 6.42 Å². The topological polar surface area (TPSA) is 12.0 Å². The second-order valence-corrected chi connectivity index (χ2v) is 2.67. The molecular weight excluding hydrogens is 153 g/mol. The van der Waals surface area contributed by atoms with Crippen LogP contribution in [0, 0.1) is 0 Å². The van der Waals surface area contributed by atoms with E-state index < -0.39 is 5.38 Å². The number of hydrogen-bond acceptors (Lipinski definition) is 1. The summed E-state index contributed by atoms with van der Waals surface area (Å²) in [7, 11) is 1.75. The maximum Gasteiger partial charge on any atom is 0.120 e. The number of allylic oxidation sites excluding steroid dienone is 3. The summed E-state index contributed by atoms with van der Waals surface area (Å²) in [5.74, 6) is -0.256. The van der Waals surface area contributed by atoms with Crippen molar-refractivity contribution < 1.29 is 4.39 Å². The predicted octanol–water partition coefficient (Wildman–Crippen LogP) is 1.95. The Balaban J connectivity index is 2.69. The number of hydrogen-bond donors (Lipinski definition) is 1. The maximum absolute atomic E-state index is 12.7. The van der Waals surface area contributed by atoms with Gasteiger partial charge in [-0.15, -0.1) is 11.6 Å². The highest BCUT2D eigenvalue weighted by atomic mass is 35.5. The highest BCUT2D eigenvalue weighted by molar-refractivity contribution is 6.22. The molecule has 1 atom stereocenters. The molecule has 1 aliphatic carbocycles. The van der Waals surface area contributed by atoms with Gasteiger partial charge in [0, 0.05) is 12.7 Å². The van der Waals surface area contributed by atoms with E-state index in [2.05, 4.69) is 5.32 Å². The van der Waals surface area contributed by atoms with E-state index in [1.807, 2.05) is 6.08 Å². The first-order valence-electron chi connectivity index (χ1n) is 3.13. The average molecular weight is 162 g/mol. The van der Waals surface area contributed by atoms with Crippen LogP contribution in [0.5, 0.6) is 0 Å². The smallest absolute Gasteiger partial charge is 0.120 e. The van der Waals surface area contributed by atoms with E-state index in [9.17, 15) is 4.39 Å². The van der Waals surface area contributed by atoms with Gasteiger partial charge in [0.25, 0.3) is 0 Å². The second kappa shape index (κ2) is 3.06. The number of nitrogens with one attached hydrogen (secondary N) is 1. The Morgan fingerprint density at radius 3 is 3.00 bits per heavy atom. The Morgan fingerprint density at radius 2 is 2.50 bits per heavy atom. The quantitative estimate of drug-likeness (QED) is 0.580. The lowest BCUT2D eigenvalue weighted by Gasteiger charge is -2.11. The summed E-state index contributed by atoms with van der Waals surface area (Å²) >= 11 is 5.57. The van der Waals surface area contributed by atoms with Crippen LogP contribution in [-0.2, 0) is 0 Å². The van der Waals surface area contributed by atoms with Gasteiger partial charge in [-0.25, -0.2) is 4.39 Å². The third-order valence-electron chi connectivity index (χ3n) is 1.43. The zero-order valence-electron chi connectivity index (χ0n) is 5.70. The van der Waals surface area contributed by atoms with E-state index >= 15 is 0 Å². The molecule has 0 aromatic carbocycles. The summed E-state index contributed by atoms with van der Waals surface area (Å²) in [5, 5.41) is 2.38. The predicted molar refractivity (Wildman–Crippen MR) is 40.6 cm³/mol. The lowest BCUT2D eigenvalue weighted by Crippen LogP contribution is -2.11. The first-order valence-corrected chi connectivity index (χ1v) is 3.56. The molecule has 3 heteroatoms. The Kier molecular flexibility index (Phi) is 2.33. The van der Waals surface area contributed by atoms with Gasteiger partial charge in [-0.1, -0.05) is 6.08 Å². The van der Waals surface area contributed by atoms with Crippen LogP contribution in [-0.4, -0.2) is 12.4 Å². The summed E-state index contributed by atoms with van der Waals surface area (Å²) in [5.41, 5.74) is 0.800. The number of halogens is 2. The highest BCUT2D eigenvalue weighted by Gasteiger charge is 2.13. The standard InChI is InChI=1S/C7H9ClFN/c1-10-5-2-3-6(8)7(9)4-5/h2,4,6,10H,3H2,1H3. The molecule has 0 saturated carbocycles. The van der Waals surface area contributed by atoms with Crippen LogP contribution in [0.3, 0.4) is 0 Å². The van der Waals surface area contributed by atoms with Gasteiger partial charge in [0.05, 0.1) is 5.38 Å². The van der Waals surface area contributed by atoms with Crippen molar-refractivity contribution in [3.8, 4) is 0 Å². The highest BCUT2D eigenvalue weighted by Crippen LogP contribution is 2.21. The van der Waals surface area contributed by atoms with Gasteiger partial charge in [0.2, 0.25) is 0 Å². The fourth-order valence-corrected chi connectivity index (χ4v) is 0.967. The van der Waals surface area contributed by atoms with Gasteiger partial charge in [0.1, 0.15) is 5.83 Å². The molecule has 0 saturated heterocycles. The van der Waals surface area contributed by atoms with E-state index in [1.165, 1.54) is 6.08 Å². The van der Waals surface area contributed by atoms with Crippen molar-refractivity contribution in [1.29, 1.82) is 0 Å². The minimum Gasteiger partial charge on any atom is -0.388 e. The van der Waals surface area contributed by atoms with Crippen molar-refractivity contribution in [2.24, 2.45) is 0 Å². The number of likely N-dealkylation sites (N-methyl/N-ethyl adjacent to an activating group) is 1. The molecule has 0 aromatic heterocycles. The van der Waals surface area contributed by atoms with Crippen LogP contribution in [0.1, 0.15) is 6.42 Å². The molecule has 0 aromatic rings. The molecule has 1 unspecified atom stereocenters. The van der Waals surface area contributed by atoms with Crippen LogP contribution in [0.25, 0.3) is 0 Å². The molecule has 0 radical (unpaired) electrons. The second-order valence-electron chi connectivity index (χ2n) is 2.14. The molecule has 0 bridgehead atoms. The van der Waals surface area contributed by atoms with Gasteiger partial charge in [-0.2, -0.15) is 0 Å². The summed E-state index contributed by atoms with van der Waals surface area (Å²) < 4.78 is 12.7. The van der Waals surface area contributed by atoms with Gasteiger partial charge in [-0.05, 0) is 12.5 Å². The van der Waals surface area contributed by atoms with Crippen molar-refractivity contribution in [3.63, 3.8) is 0 Å². The van der Waals surface area contributed by atoms with Crippen molar-refractivity contribution in [1.82, 2.24) is 5.32 Å². The lowest BCUT2D eigenvalue weighted by molar-refractivity contribution is 0.586. The number of rotatable bonds is 1. The Bertz CT molecular complexity index is 186. The molecule has 0 aliphatic heterocycles. The molecule has 56 valence electrons. The number of alkyl halides is 1. The minimum absolute atomic E-state index is 0.256. The van der Waals surface area contributed by atoms with Crippen LogP contribution in [0.15, 0.2) is 23.7 Å². The van der Waals surface area contributed by atoms with Gasteiger partial charge in [-0.3, -0.25) is 0 Å². The maximum atomic E-state index is 12.7. The lowest BCUT2D eigenvalue weighted by atomic mass is 10.1. The Hall–Kier alpha value is -0.500. The van der Waals surface area contributed by atoms with E-state index in [-0.39, 0.29) is 5.83 Å². The average Bonchev–Trinajstić information content (AvgIpc) is 1.95. The van der Waals surface area contributed by atoms with Crippen molar-refractivity contribution >= 4 is 11.6 Å². The van der Waals surface area contributed by atoms with Crippen LogP contribution in [0.2, 0.25) is 0 Å². The third-order valence-corrected chi connectivity index (χ3v) is 1.81. The summed E-state index contributed by atoms with van der Waals surface area (Å²) in [4.78, 5) is 0. The molecule has 1 aliphatic rings. The monoisotopic (exact) mass is 161 g/mol. The Labute approximate surface area is 64.6 Å². The SMILES string of the molecule is CNC1=CCC(Cl)C(F)=C1. The van der Waals surface area contributed by atoms with E-state index in [1.54, 1.807) is 7.05 Å². The summed E-state index contributed by atoms with van der Waals surface area (Å²) in [6.45, 7) is 0. The fraction of sp³-hybridized carbons (Fsp3) is 0.429. The molecule has 1 rings (SSSR count). The summed E-state index contributed by atoms with van der Waals surface area (Å²) in [6.07, 6.45) is 3.86. The molecule has 1 nitrogen and oxygen atoms in total. The largest absolute Gasteiger partial charge is 0.388 e. The van der Waals surface area contributed by atoms with Crippen LogP contribution >= 0.6 is 11.6 Å². The zero-order chi connectivity index (χ0) is 7.56. The molecule has 1 N–H and O–H groups in total. The molecular formula is C7H9ClFN. The minimum atomic E-state index is -0.461. The Morgan fingerprint density at radius 1 is 1.80 bits per heavy atom. The van der Waals surface area contributed by atoms with Crippen LogP contribution < -0.4 is 5.32 Å². The molecule has 10 heavy (non-hydrogen) atoms. The molecule has 0 heterocycles. The molecule has 0 spiro atoms. The first-order chi connectivity index (χ1) is 4.74. The molecule has 0 amide bonds. The summed E-state index contributed by atoms with van der Waals surface area (Å²) in [6, 6.07) is 0. The van der Waals surface area contributed by atoms with Crippen molar-refractivity contribution in [2.45, 2.75) is 11.8 Å². The molecule has 0 fully saturated rings. The van der Waals surface area contributed by atoms with Gasteiger partial charge < -0.3 is 5.32 Å². The first kappa shape index (κ1) is 7.61. The van der Waals surface area contributed by atoms with Gasteiger partial charge >= 0.3 is 0 Å². The normalized spacial score (nSPS) is 25.3. The van der Waals surface area contributed by atoms with Crippen molar-refractivity contribution in [2.75, 3.05) is 7.05 Å². The fourth-order valence-electron chi connectivity index (χ4n) is 0.815. The van der Waals surface area contributed by atoms with Crippen molar-refractivity contribution in [3.05, 3.63) is 23.7 Å². The van der Waals surface area contributed by atoms with Gasteiger partial charge in [0.15, 0.2) is 0 Å². The van der Waals surface area contributed by atoms with Crippen LogP contribution in [0.4, 0.5) is 4.39 Å². The zero-order valence-corrected chi connectivity index (χ0v) is 6.45.